The van der Waals surface area contributed by atoms with Crippen LogP contribution in [0, 0.1) is 0 Å². The molecule has 0 fully saturated rings. The Bertz CT molecular complexity index is 701. The van der Waals surface area contributed by atoms with Gasteiger partial charge in [-0.05, 0) is 44.7 Å². The lowest BCUT2D eigenvalue weighted by Crippen LogP contribution is -2.51. The Morgan fingerprint density at radius 1 is 1.31 bits per heavy atom. The average molecular weight is 357 g/mol. The van der Waals surface area contributed by atoms with E-state index in [2.05, 4.69) is 11.4 Å². The van der Waals surface area contributed by atoms with Crippen LogP contribution in [-0.2, 0) is 9.59 Å². The second kappa shape index (κ2) is 8.25. The SMILES string of the molecule is CCN(C(=O)CN1C[C@H](C(=O)NC)Oc2ccccc21)C1=CCCCC1. The van der Waals surface area contributed by atoms with Gasteiger partial charge in [-0.1, -0.05) is 18.2 Å². The van der Waals surface area contributed by atoms with Crippen molar-refractivity contribution in [2.45, 2.75) is 38.7 Å². The number of likely N-dealkylation sites (N-methyl/N-ethyl adjacent to an activating group) is 2. The molecule has 1 aromatic rings. The van der Waals surface area contributed by atoms with E-state index in [4.69, 9.17) is 4.74 Å². The van der Waals surface area contributed by atoms with Crippen molar-refractivity contribution in [3.05, 3.63) is 36.0 Å². The number of benzene rings is 1. The number of nitrogens with one attached hydrogen (secondary N) is 1. The minimum Gasteiger partial charge on any atom is -0.477 e. The molecule has 0 unspecified atom stereocenters. The minimum atomic E-state index is -0.619. The van der Waals surface area contributed by atoms with E-state index in [0.717, 1.165) is 30.6 Å². The third kappa shape index (κ3) is 3.84. The molecule has 2 aliphatic rings. The van der Waals surface area contributed by atoms with Gasteiger partial charge in [-0.3, -0.25) is 9.59 Å². The molecule has 0 saturated carbocycles. The number of carbonyl (C=O) groups is 2. The first-order chi connectivity index (χ1) is 12.6. The largest absolute Gasteiger partial charge is 0.477 e. The Labute approximate surface area is 154 Å². The summed E-state index contributed by atoms with van der Waals surface area (Å²) in [4.78, 5) is 28.9. The zero-order valence-corrected chi connectivity index (χ0v) is 15.5. The maximum atomic E-state index is 13.0. The van der Waals surface area contributed by atoms with Crippen molar-refractivity contribution in [1.82, 2.24) is 10.2 Å². The molecule has 1 aliphatic carbocycles. The average Bonchev–Trinajstić information content (AvgIpc) is 2.68. The van der Waals surface area contributed by atoms with Gasteiger partial charge in [0.1, 0.15) is 5.75 Å². The molecule has 2 amide bonds. The topological polar surface area (TPSA) is 61.9 Å². The standard InChI is InChI=1S/C20H27N3O3/c1-3-23(15-9-5-4-6-10-15)19(24)14-22-13-18(20(25)21-2)26-17-12-8-7-11-16(17)22/h7-9,11-12,18H,3-6,10,13-14H2,1-2H3,(H,21,25)/t18-/m1/s1. The molecular weight excluding hydrogens is 330 g/mol. The van der Waals surface area contributed by atoms with E-state index in [0.29, 0.717) is 18.8 Å². The highest BCUT2D eigenvalue weighted by molar-refractivity contribution is 5.86. The Balaban J connectivity index is 1.79. The summed E-state index contributed by atoms with van der Waals surface area (Å²) < 4.78 is 5.81. The Hall–Kier alpha value is -2.50. The lowest BCUT2D eigenvalue weighted by Gasteiger charge is -2.36. The summed E-state index contributed by atoms with van der Waals surface area (Å²) in [5, 5.41) is 2.63. The normalized spacial score (nSPS) is 19.1. The van der Waals surface area contributed by atoms with Gasteiger partial charge in [-0.25, -0.2) is 0 Å². The van der Waals surface area contributed by atoms with Crippen LogP contribution in [0.3, 0.4) is 0 Å². The van der Waals surface area contributed by atoms with Gasteiger partial charge in [0.2, 0.25) is 5.91 Å². The van der Waals surface area contributed by atoms with Crippen molar-refractivity contribution in [3.63, 3.8) is 0 Å². The lowest BCUT2D eigenvalue weighted by molar-refractivity contribution is -0.129. The summed E-state index contributed by atoms with van der Waals surface area (Å²) in [5.74, 6) is 0.521. The van der Waals surface area contributed by atoms with E-state index < -0.39 is 6.10 Å². The van der Waals surface area contributed by atoms with E-state index >= 15 is 0 Å². The number of hydrogen-bond donors (Lipinski definition) is 1. The number of fused-ring (bicyclic) bond motifs is 1. The Kier molecular flexibility index (Phi) is 5.81. The predicted octanol–water partition coefficient (Wildman–Crippen LogP) is 2.31. The van der Waals surface area contributed by atoms with Gasteiger partial charge in [0.15, 0.2) is 6.10 Å². The van der Waals surface area contributed by atoms with Crippen LogP contribution in [0.5, 0.6) is 5.75 Å². The molecule has 1 heterocycles. The number of nitrogens with zero attached hydrogens (tertiary/aromatic N) is 2. The second-order valence-electron chi connectivity index (χ2n) is 6.65. The molecule has 0 saturated heterocycles. The first-order valence-electron chi connectivity index (χ1n) is 9.35. The lowest BCUT2D eigenvalue weighted by atomic mass is 10.0. The number of hydrogen-bond acceptors (Lipinski definition) is 4. The Morgan fingerprint density at radius 3 is 2.81 bits per heavy atom. The van der Waals surface area contributed by atoms with E-state index in [1.54, 1.807) is 7.05 Å². The van der Waals surface area contributed by atoms with Gasteiger partial charge in [0, 0.05) is 19.3 Å². The van der Waals surface area contributed by atoms with E-state index in [1.165, 1.54) is 6.42 Å². The summed E-state index contributed by atoms with van der Waals surface area (Å²) in [6, 6.07) is 7.55. The van der Waals surface area contributed by atoms with E-state index in [9.17, 15) is 9.59 Å². The zero-order valence-electron chi connectivity index (χ0n) is 15.5. The van der Waals surface area contributed by atoms with Gasteiger partial charge < -0.3 is 19.9 Å². The van der Waals surface area contributed by atoms with Crippen molar-refractivity contribution in [2.24, 2.45) is 0 Å². The fraction of sp³-hybridized carbons (Fsp3) is 0.500. The van der Waals surface area contributed by atoms with Gasteiger partial charge in [-0.2, -0.15) is 0 Å². The van der Waals surface area contributed by atoms with E-state index in [-0.39, 0.29) is 18.4 Å². The highest BCUT2D eigenvalue weighted by Crippen LogP contribution is 2.33. The number of para-hydroxylation sites is 2. The molecule has 1 atom stereocenters. The van der Waals surface area contributed by atoms with Crippen molar-refractivity contribution >= 4 is 17.5 Å². The Morgan fingerprint density at radius 2 is 2.12 bits per heavy atom. The first-order valence-corrected chi connectivity index (χ1v) is 9.35. The van der Waals surface area contributed by atoms with Gasteiger partial charge >= 0.3 is 0 Å². The van der Waals surface area contributed by atoms with Gasteiger partial charge in [0.05, 0.1) is 18.8 Å². The quantitative estimate of drug-likeness (QED) is 0.878. The summed E-state index contributed by atoms with van der Waals surface area (Å²) in [6.45, 7) is 3.27. The van der Waals surface area contributed by atoms with Crippen LogP contribution >= 0.6 is 0 Å². The summed E-state index contributed by atoms with van der Waals surface area (Å²) >= 11 is 0. The van der Waals surface area contributed by atoms with Crippen molar-refractivity contribution in [1.29, 1.82) is 0 Å². The van der Waals surface area contributed by atoms with Crippen molar-refractivity contribution in [2.75, 3.05) is 31.6 Å². The fourth-order valence-electron chi connectivity index (χ4n) is 3.61. The van der Waals surface area contributed by atoms with Crippen molar-refractivity contribution in [3.8, 4) is 5.75 Å². The first kappa shape index (κ1) is 18.3. The van der Waals surface area contributed by atoms with Crippen LogP contribution in [-0.4, -0.2) is 49.5 Å². The number of allylic oxidation sites excluding steroid dienone is 2. The molecule has 1 N–H and O–H groups in total. The molecule has 0 aromatic heterocycles. The third-order valence-electron chi connectivity index (χ3n) is 4.96. The van der Waals surface area contributed by atoms with Gasteiger partial charge in [-0.15, -0.1) is 0 Å². The molecule has 1 aromatic carbocycles. The van der Waals surface area contributed by atoms with Crippen LogP contribution < -0.4 is 15.0 Å². The second-order valence-corrected chi connectivity index (χ2v) is 6.65. The van der Waals surface area contributed by atoms with Gasteiger partial charge in [0.25, 0.3) is 5.91 Å². The minimum absolute atomic E-state index is 0.0630. The molecule has 140 valence electrons. The van der Waals surface area contributed by atoms with Crippen LogP contribution in [0.25, 0.3) is 0 Å². The van der Waals surface area contributed by atoms with Crippen LogP contribution in [0.4, 0.5) is 5.69 Å². The molecule has 1 aliphatic heterocycles. The number of ether oxygens (including phenoxy) is 1. The highest BCUT2D eigenvalue weighted by Gasteiger charge is 2.32. The van der Waals surface area contributed by atoms with E-state index in [1.807, 2.05) is 41.0 Å². The highest BCUT2D eigenvalue weighted by atomic mass is 16.5. The zero-order chi connectivity index (χ0) is 18.5. The molecule has 3 rings (SSSR count). The molecule has 6 nitrogen and oxygen atoms in total. The van der Waals surface area contributed by atoms with Crippen molar-refractivity contribution < 1.29 is 14.3 Å². The smallest absolute Gasteiger partial charge is 0.262 e. The maximum absolute atomic E-state index is 13.0. The summed E-state index contributed by atoms with van der Waals surface area (Å²) in [7, 11) is 1.59. The predicted molar refractivity (Wildman–Crippen MR) is 101 cm³/mol. The van der Waals surface area contributed by atoms with Crippen LogP contribution in [0.15, 0.2) is 36.0 Å². The summed E-state index contributed by atoms with van der Waals surface area (Å²) in [6.07, 6.45) is 5.89. The monoisotopic (exact) mass is 357 g/mol. The molecule has 26 heavy (non-hydrogen) atoms. The molecular formula is C20H27N3O3. The number of carbonyl (C=O) groups excluding carboxylic acids is 2. The number of rotatable bonds is 5. The molecule has 0 bridgehead atoms. The number of anilines is 1. The van der Waals surface area contributed by atoms with Crippen LogP contribution in [0.1, 0.15) is 32.6 Å². The molecule has 0 radical (unpaired) electrons. The number of amides is 2. The molecule has 6 heteroatoms. The fourth-order valence-corrected chi connectivity index (χ4v) is 3.61. The van der Waals surface area contributed by atoms with Crippen LogP contribution in [0.2, 0.25) is 0 Å². The molecule has 0 spiro atoms. The maximum Gasteiger partial charge on any atom is 0.262 e. The summed E-state index contributed by atoms with van der Waals surface area (Å²) in [5.41, 5.74) is 1.99. The third-order valence-corrected chi connectivity index (χ3v) is 4.96.